The lowest BCUT2D eigenvalue weighted by molar-refractivity contribution is 0.0418. The number of hydrogen-bond acceptors (Lipinski definition) is 5. The molecule has 2 fully saturated rings. The summed E-state index contributed by atoms with van der Waals surface area (Å²) in [6, 6.07) is 11.3. The van der Waals surface area contributed by atoms with Crippen LogP contribution in [-0.2, 0) is 11.3 Å². The van der Waals surface area contributed by atoms with Crippen molar-refractivity contribution in [3.8, 4) is 11.3 Å². The van der Waals surface area contributed by atoms with Crippen LogP contribution in [0.5, 0.6) is 0 Å². The normalized spacial score (nSPS) is 20.4. The number of hydrogen-bond donors (Lipinski definition) is 2. The number of carbonyl (C=O) groups is 2. The highest BCUT2D eigenvalue weighted by molar-refractivity contribution is 6.39. The molecule has 3 aromatic rings. The van der Waals surface area contributed by atoms with Crippen molar-refractivity contribution in [1.29, 1.82) is 0 Å². The maximum absolute atomic E-state index is 12.7. The highest BCUT2D eigenvalue weighted by Gasteiger charge is 2.35. The molecule has 0 bridgehead atoms. The summed E-state index contributed by atoms with van der Waals surface area (Å²) in [6.45, 7) is 2.39. The molecule has 2 atom stereocenters. The lowest BCUT2D eigenvalue weighted by Gasteiger charge is -2.19. The summed E-state index contributed by atoms with van der Waals surface area (Å²) < 4.78 is 12.2. The Morgan fingerprint density at radius 3 is 2.54 bits per heavy atom. The van der Waals surface area contributed by atoms with Gasteiger partial charge in [0.25, 0.3) is 5.91 Å². The fraction of sp³-hybridized carbons (Fsp3) is 0.321. The van der Waals surface area contributed by atoms with E-state index >= 15 is 0 Å². The molecule has 2 aliphatic carbocycles. The number of carboxylic acids is 1. The number of ether oxygens (including phenoxy) is 1. The topological polar surface area (TPSA) is 102 Å². The third-order valence-electron chi connectivity index (χ3n) is 6.90. The number of halogens is 2. The van der Waals surface area contributed by atoms with E-state index < -0.39 is 5.97 Å². The second-order valence-corrected chi connectivity index (χ2v) is 10.4. The minimum atomic E-state index is -1.08. The number of amides is 1. The smallest absolute Gasteiger partial charge is 0.335 e. The SMILES string of the molecule is CC1CC/C(=C\NC(=O)c2cccc(C(=O)O)c2)C1OCc1c(-c2c(Cl)cccc2Cl)noc1C1CC1. The number of carboxylic acid groups (broad SMARTS) is 1. The highest BCUT2D eigenvalue weighted by atomic mass is 35.5. The molecule has 2 saturated carbocycles. The zero-order valence-corrected chi connectivity index (χ0v) is 21.7. The van der Waals surface area contributed by atoms with E-state index in [-0.39, 0.29) is 35.7 Å². The van der Waals surface area contributed by atoms with E-state index in [2.05, 4.69) is 17.4 Å². The predicted octanol–water partition coefficient (Wildman–Crippen LogP) is 6.85. The summed E-state index contributed by atoms with van der Waals surface area (Å²) in [5.41, 5.74) is 3.39. The van der Waals surface area contributed by atoms with E-state index in [0.29, 0.717) is 27.2 Å². The molecule has 0 spiro atoms. The highest BCUT2D eigenvalue weighted by Crippen LogP contribution is 2.46. The second-order valence-electron chi connectivity index (χ2n) is 9.57. The summed E-state index contributed by atoms with van der Waals surface area (Å²) in [6.07, 6.45) is 5.26. The Morgan fingerprint density at radius 2 is 1.84 bits per heavy atom. The number of nitrogens with zero attached hydrogens (tertiary/aromatic N) is 1. The molecule has 1 heterocycles. The first-order valence-corrected chi connectivity index (χ1v) is 13.0. The summed E-state index contributed by atoms with van der Waals surface area (Å²) >= 11 is 12.9. The Hall–Kier alpha value is -3.13. The Labute approximate surface area is 224 Å². The lowest BCUT2D eigenvalue weighted by atomic mass is 10.0. The van der Waals surface area contributed by atoms with Crippen molar-refractivity contribution < 1.29 is 24.0 Å². The van der Waals surface area contributed by atoms with E-state index in [1.165, 1.54) is 12.1 Å². The third-order valence-corrected chi connectivity index (χ3v) is 7.53. The fourth-order valence-corrected chi connectivity index (χ4v) is 5.31. The van der Waals surface area contributed by atoms with Gasteiger partial charge in [-0.3, -0.25) is 4.79 Å². The molecular weight excluding hydrogens is 515 g/mol. The van der Waals surface area contributed by atoms with E-state index in [9.17, 15) is 14.7 Å². The summed E-state index contributed by atoms with van der Waals surface area (Å²) in [7, 11) is 0. The van der Waals surface area contributed by atoms with E-state index in [1.807, 2.05) is 0 Å². The van der Waals surface area contributed by atoms with Crippen LogP contribution in [0.25, 0.3) is 11.3 Å². The lowest BCUT2D eigenvalue weighted by Crippen LogP contribution is -2.22. The quantitative estimate of drug-likeness (QED) is 0.323. The van der Waals surface area contributed by atoms with Crippen molar-refractivity contribution >= 4 is 35.1 Å². The van der Waals surface area contributed by atoms with Gasteiger partial charge in [0.1, 0.15) is 11.5 Å². The van der Waals surface area contributed by atoms with Crippen LogP contribution in [0, 0.1) is 5.92 Å². The largest absolute Gasteiger partial charge is 0.478 e. The van der Waals surface area contributed by atoms with E-state index in [0.717, 1.165) is 42.6 Å². The van der Waals surface area contributed by atoms with Crippen molar-refractivity contribution in [3.05, 3.63) is 86.7 Å². The zero-order chi connectivity index (χ0) is 26.1. The number of aromatic carboxylic acids is 1. The Kier molecular flexibility index (Phi) is 7.38. The molecule has 2 N–H and O–H groups in total. The first kappa shape index (κ1) is 25.5. The summed E-state index contributed by atoms with van der Waals surface area (Å²) in [5, 5.41) is 17.3. The van der Waals surface area contributed by atoms with Crippen LogP contribution in [0.4, 0.5) is 0 Å². The molecule has 0 aliphatic heterocycles. The minimum Gasteiger partial charge on any atom is -0.478 e. The van der Waals surface area contributed by atoms with Crippen molar-refractivity contribution in [2.75, 3.05) is 0 Å². The second kappa shape index (κ2) is 10.7. The molecule has 9 heteroatoms. The molecule has 0 saturated heterocycles. The van der Waals surface area contributed by atoms with Gasteiger partial charge in [-0.2, -0.15) is 0 Å². The third kappa shape index (κ3) is 5.44. The van der Waals surface area contributed by atoms with Crippen LogP contribution in [0.2, 0.25) is 10.0 Å². The molecule has 1 aromatic heterocycles. The summed E-state index contributed by atoms with van der Waals surface area (Å²) in [5.74, 6) is -0.0794. The molecule has 2 unspecified atom stereocenters. The number of rotatable bonds is 8. The van der Waals surface area contributed by atoms with Gasteiger partial charge in [0.15, 0.2) is 0 Å². The number of benzene rings is 2. The molecule has 2 aliphatic rings. The molecule has 5 rings (SSSR count). The molecule has 7 nitrogen and oxygen atoms in total. The maximum Gasteiger partial charge on any atom is 0.335 e. The van der Waals surface area contributed by atoms with E-state index in [4.69, 9.17) is 32.5 Å². The van der Waals surface area contributed by atoms with Crippen LogP contribution < -0.4 is 5.32 Å². The number of aromatic nitrogens is 1. The van der Waals surface area contributed by atoms with Gasteiger partial charge in [0, 0.05) is 28.8 Å². The molecule has 37 heavy (non-hydrogen) atoms. The monoisotopic (exact) mass is 540 g/mol. The maximum atomic E-state index is 12.7. The van der Waals surface area contributed by atoms with Crippen LogP contribution in [0.3, 0.4) is 0 Å². The van der Waals surface area contributed by atoms with Gasteiger partial charge in [0.2, 0.25) is 0 Å². The molecule has 1 amide bonds. The first-order chi connectivity index (χ1) is 17.8. The Morgan fingerprint density at radius 1 is 1.14 bits per heavy atom. The van der Waals surface area contributed by atoms with Gasteiger partial charge in [-0.15, -0.1) is 0 Å². The fourth-order valence-electron chi connectivity index (χ4n) is 4.74. The minimum absolute atomic E-state index is 0.0608. The van der Waals surface area contributed by atoms with Crippen molar-refractivity contribution in [2.45, 2.75) is 51.2 Å². The molecular formula is C28H26Cl2N2O5. The van der Waals surface area contributed by atoms with Gasteiger partial charge in [-0.05, 0) is 67.5 Å². The van der Waals surface area contributed by atoms with Crippen LogP contribution in [0.1, 0.15) is 70.6 Å². The average Bonchev–Trinajstić information content (AvgIpc) is 3.55. The van der Waals surface area contributed by atoms with Gasteiger partial charge < -0.3 is 19.7 Å². The van der Waals surface area contributed by atoms with Gasteiger partial charge in [-0.1, -0.05) is 47.4 Å². The molecule has 0 radical (unpaired) electrons. The predicted molar refractivity (Wildman–Crippen MR) is 140 cm³/mol. The van der Waals surface area contributed by atoms with Crippen molar-refractivity contribution in [1.82, 2.24) is 10.5 Å². The van der Waals surface area contributed by atoms with Crippen LogP contribution >= 0.6 is 23.2 Å². The zero-order valence-electron chi connectivity index (χ0n) is 20.2. The Balaban J connectivity index is 1.35. The first-order valence-electron chi connectivity index (χ1n) is 12.2. The van der Waals surface area contributed by atoms with Crippen LogP contribution in [-0.4, -0.2) is 28.2 Å². The average molecular weight is 541 g/mol. The van der Waals surface area contributed by atoms with E-state index in [1.54, 1.807) is 36.5 Å². The summed E-state index contributed by atoms with van der Waals surface area (Å²) in [4.78, 5) is 23.9. The van der Waals surface area contributed by atoms with Crippen LogP contribution in [0.15, 0.2) is 58.8 Å². The van der Waals surface area contributed by atoms with Crippen molar-refractivity contribution in [2.24, 2.45) is 5.92 Å². The van der Waals surface area contributed by atoms with Gasteiger partial charge in [-0.25, -0.2) is 4.79 Å². The number of carbonyl (C=O) groups excluding carboxylic acids is 1. The molecule has 192 valence electrons. The van der Waals surface area contributed by atoms with Gasteiger partial charge in [0.05, 0.1) is 28.3 Å². The Bertz CT molecular complexity index is 1360. The molecule has 2 aromatic carbocycles. The van der Waals surface area contributed by atoms with Gasteiger partial charge >= 0.3 is 5.97 Å². The van der Waals surface area contributed by atoms with Crippen molar-refractivity contribution in [3.63, 3.8) is 0 Å². The number of nitrogens with one attached hydrogen (secondary N) is 1. The standard InChI is InChI=1S/C28H26Cl2N2O5/c1-15-8-9-19(13-31-27(33)17-4-2-5-18(12-17)28(34)35)25(15)36-14-20-24(32-37-26(20)16-10-11-16)23-21(29)6-3-7-22(23)30/h2-7,12-13,15-16,25H,8-11,14H2,1H3,(H,31,33)(H,34,35)/b19-13+.